The number of aliphatic hydroxyl groups excluding tert-OH is 1. The average Bonchev–Trinajstić information content (AvgIpc) is 3.13. The summed E-state index contributed by atoms with van der Waals surface area (Å²) in [6.45, 7) is 7.33. The lowest BCUT2D eigenvalue weighted by atomic mass is 9.96. The van der Waals surface area contributed by atoms with Crippen LogP contribution in [0.5, 0.6) is 0 Å². The highest BCUT2D eigenvalue weighted by Crippen LogP contribution is 2.21. The summed E-state index contributed by atoms with van der Waals surface area (Å²) in [5, 5.41) is 12.1. The third-order valence-electron chi connectivity index (χ3n) is 4.88. The van der Waals surface area contributed by atoms with Crippen molar-refractivity contribution in [3.8, 4) is 0 Å². The first-order chi connectivity index (χ1) is 12.0. The normalized spacial score (nSPS) is 17.9. The number of nitrogens with zero attached hydrogens (tertiary/aromatic N) is 4. The van der Waals surface area contributed by atoms with Crippen LogP contribution < -0.4 is 5.56 Å². The molecule has 0 radical (unpaired) electrons. The topological polar surface area (TPSA) is 71.2 Å². The van der Waals surface area contributed by atoms with Crippen molar-refractivity contribution in [2.75, 3.05) is 19.6 Å². The Morgan fingerprint density at radius 1 is 1.28 bits per heavy atom. The molecule has 1 aliphatic rings. The van der Waals surface area contributed by atoms with Crippen molar-refractivity contribution in [2.45, 2.75) is 45.3 Å². The highest BCUT2D eigenvalue weighted by molar-refractivity contribution is 7.07. The minimum Gasteiger partial charge on any atom is -0.385 e. The Labute approximate surface area is 152 Å². The molecular weight excluding hydrogens is 336 g/mol. The van der Waals surface area contributed by atoms with Gasteiger partial charge in [-0.15, -0.1) is 11.3 Å². The maximum Gasteiger partial charge on any atom is 0.253 e. The van der Waals surface area contributed by atoms with E-state index in [0.29, 0.717) is 12.5 Å². The van der Waals surface area contributed by atoms with Gasteiger partial charge >= 0.3 is 0 Å². The van der Waals surface area contributed by atoms with E-state index in [-0.39, 0.29) is 11.5 Å². The third-order valence-corrected chi connectivity index (χ3v) is 5.48. The second kappa shape index (κ2) is 8.21. The summed E-state index contributed by atoms with van der Waals surface area (Å²) in [4.78, 5) is 23.1. The minimum absolute atomic E-state index is 0.0417. The Kier molecular flexibility index (Phi) is 5.98. The average molecular weight is 362 g/mol. The Morgan fingerprint density at radius 2 is 2.04 bits per heavy atom. The van der Waals surface area contributed by atoms with E-state index in [1.54, 1.807) is 22.5 Å². The third kappa shape index (κ3) is 4.74. The van der Waals surface area contributed by atoms with Crippen molar-refractivity contribution < 1.29 is 5.11 Å². The maximum absolute atomic E-state index is 12.2. The van der Waals surface area contributed by atoms with Crippen LogP contribution in [0.15, 0.2) is 28.1 Å². The summed E-state index contributed by atoms with van der Waals surface area (Å²) >= 11 is 1.51. The zero-order valence-electron chi connectivity index (χ0n) is 14.8. The number of aromatic nitrogens is 3. The Balaban J connectivity index is 1.50. The van der Waals surface area contributed by atoms with Gasteiger partial charge in [0, 0.05) is 24.5 Å². The molecule has 1 atom stereocenters. The number of hydrogen-bond donors (Lipinski definition) is 1. The number of hydrogen-bond acceptors (Lipinski definition) is 6. The molecule has 0 aliphatic carbocycles. The van der Waals surface area contributed by atoms with Gasteiger partial charge in [0.2, 0.25) is 0 Å². The zero-order chi connectivity index (χ0) is 17.8. The molecular formula is C18H26N4O2S. The van der Waals surface area contributed by atoms with Crippen molar-refractivity contribution >= 4 is 11.3 Å². The fourth-order valence-electron chi connectivity index (χ4n) is 3.25. The zero-order valence-corrected chi connectivity index (χ0v) is 15.7. The summed E-state index contributed by atoms with van der Waals surface area (Å²) in [7, 11) is 0. The van der Waals surface area contributed by atoms with Gasteiger partial charge < -0.3 is 10.0 Å². The second-order valence-electron chi connectivity index (χ2n) is 7.13. The van der Waals surface area contributed by atoms with E-state index < -0.39 is 6.10 Å². The lowest BCUT2D eigenvalue weighted by molar-refractivity contribution is 0.0843. The molecule has 7 heteroatoms. The van der Waals surface area contributed by atoms with Crippen LogP contribution in [-0.2, 0) is 6.54 Å². The Hall–Kier alpha value is -1.57. The molecule has 1 fully saturated rings. The SMILES string of the molecule is CC(C)c1cc(=O)n(CC2CCN(CC(O)c3cscn3)CC2)cn1. The van der Waals surface area contributed by atoms with Crippen LogP contribution in [-0.4, -0.2) is 44.2 Å². The van der Waals surface area contributed by atoms with Gasteiger partial charge in [0.05, 0.1) is 23.2 Å². The first kappa shape index (κ1) is 18.2. The maximum atomic E-state index is 12.2. The van der Waals surface area contributed by atoms with E-state index >= 15 is 0 Å². The molecule has 1 aliphatic heterocycles. The summed E-state index contributed by atoms with van der Waals surface area (Å²) in [6, 6.07) is 1.66. The van der Waals surface area contributed by atoms with E-state index in [4.69, 9.17) is 0 Å². The first-order valence-electron chi connectivity index (χ1n) is 8.88. The predicted molar refractivity (Wildman–Crippen MR) is 98.8 cm³/mol. The van der Waals surface area contributed by atoms with Crippen LogP contribution in [0.1, 0.15) is 50.1 Å². The van der Waals surface area contributed by atoms with Crippen molar-refractivity contribution in [1.29, 1.82) is 0 Å². The van der Waals surface area contributed by atoms with Crippen molar-refractivity contribution in [3.63, 3.8) is 0 Å². The molecule has 1 N–H and O–H groups in total. The number of piperidine rings is 1. The molecule has 136 valence electrons. The number of likely N-dealkylation sites (tertiary alicyclic amines) is 1. The standard InChI is InChI=1S/C18H26N4O2S/c1-13(2)15-7-18(24)22(11-19-15)8-14-3-5-21(6-4-14)9-17(23)16-10-25-12-20-16/h7,10-14,17,23H,3-6,8-9H2,1-2H3. The lowest BCUT2D eigenvalue weighted by Gasteiger charge is -2.33. The van der Waals surface area contributed by atoms with Gasteiger partial charge in [-0.2, -0.15) is 0 Å². The summed E-state index contributed by atoms with van der Waals surface area (Å²) in [5.74, 6) is 0.756. The fraction of sp³-hybridized carbons (Fsp3) is 0.611. The van der Waals surface area contributed by atoms with Crippen LogP contribution >= 0.6 is 11.3 Å². The number of β-amino-alcohol motifs (C(OH)–C–C–N with tert-alkyl or cyclic N) is 1. The molecule has 3 heterocycles. The monoisotopic (exact) mass is 362 g/mol. The Bertz CT molecular complexity index is 721. The largest absolute Gasteiger partial charge is 0.385 e. The van der Waals surface area contributed by atoms with Crippen molar-refractivity contribution in [1.82, 2.24) is 19.4 Å². The van der Waals surface area contributed by atoms with Gasteiger partial charge in [0.25, 0.3) is 5.56 Å². The Morgan fingerprint density at radius 3 is 2.64 bits per heavy atom. The van der Waals surface area contributed by atoms with E-state index in [0.717, 1.165) is 43.9 Å². The molecule has 0 amide bonds. The van der Waals surface area contributed by atoms with E-state index in [9.17, 15) is 9.90 Å². The van der Waals surface area contributed by atoms with E-state index in [1.165, 1.54) is 11.3 Å². The van der Waals surface area contributed by atoms with Crippen LogP contribution in [0, 0.1) is 5.92 Å². The van der Waals surface area contributed by atoms with Gasteiger partial charge in [-0.25, -0.2) is 9.97 Å². The van der Waals surface area contributed by atoms with Crippen molar-refractivity contribution in [2.24, 2.45) is 5.92 Å². The van der Waals surface area contributed by atoms with Gasteiger partial charge in [0.1, 0.15) is 6.10 Å². The molecule has 3 rings (SSSR count). The quantitative estimate of drug-likeness (QED) is 0.853. The molecule has 6 nitrogen and oxygen atoms in total. The molecule has 0 aromatic carbocycles. The van der Waals surface area contributed by atoms with Crippen LogP contribution in [0.25, 0.3) is 0 Å². The number of thiazole rings is 1. The highest BCUT2D eigenvalue weighted by Gasteiger charge is 2.22. The van der Waals surface area contributed by atoms with E-state index in [2.05, 4.69) is 14.9 Å². The number of aliphatic hydroxyl groups is 1. The summed E-state index contributed by atoms with van der Waals surface area (Å²) in [6.07, 6.45) is 3.23. The lowest BCUT2D eigenvalue weighted by Crippen LogP contribution is -2.38. The van der Waals surface area contributed by atoms with E-state index in [1.807, 2.05) is 19.2 Å². The molecule has 1 saturated heterocycles. The molecule has 1 unspecified atom stereocenters. The smallest absolute Gasteiger partial charge is 0.253 e. The van der Waals surface area contributed by atoms with Crippen molar-refractivity contribution in [3.05, 3.63) is 45.0 Å². The highest BCUT2D eigenvalue weighted by atomic mass is 32.1. The second-order valence-corrected chi connectivity index (χ2v) is 7.85. The molecule has 0 bridgehead atoms. The fourth-order valence-corrected chi connectivity index (χ4v) is 3.85. The minimum atomic E-state index is -0.516. The van der Waals surface area contributed by atoms with Gasteiger partial charge in [0.15, 0.2) is 0 Å². The van der Waals surface area contributed by atoms with Crippen LogP contribution in [0.4, 0.5) is 0 Å². The molecule has 25 heavy (non-hydrogen) atoms. The molecule has 2 aromatic heterocycles. The van der Waals surface area contributed by atoms with Crippen LogP contribution in [0.3, 0.4) is 0 Å². The van der Waals surface area contributed by atoms with Gasteiger partial charge in [-0.05, 0) is 37.8 Å². The molecule has 0 spiro atoms. The summed E-state index contributed by atoms with van der Waals surface area (Å²) in [5.41, 5.74) is 3.41. The van der Waals surface area contributed by atoms with Gasteiger partial charge in [-0.3, -0.25) is 9.36 Å². The molecule has 0 saturated carbocycles. The van der Waals surface area contributed by atoms with Gasteiger partial charge in [-0.1, -0.05) is 13.8 Å². The summed E-state index contributed by atoms with van der Waals surface area (Å²) < 4.78 is 1.73. The van der Waals surface area contributed by atoms with Crippen LogP contribution in [0.2, 0.25) is 0 Å². The molecule has 2 aromatic rings. The predicted octanol–water partition coefficient (Wildman–Crippen LogP) is 2.27. The first-order valence-corrected chi connectivity index (χ1v) is 9.82. The number of rotatable bonds is 6.